The molecular formula is C23H18N4O2S2. The zero-order valence-electron chi connectivity index (χ0n) is 16.6. The van der Waals surface area contributed by atoms with Crippen LogP contribution in [0.5, 0.6) is 5.75 Å². The fourth-order valence-corrected chi connectivity index (χ4v) is 4.87. The number of aromatic amines is 1. The van der Waals surface area contributed by atoms with Crippen molar-refractivity contribution in [1.29, 1.82) is 0 Å². The van der Waals surface area contributed by atoms with Gasteiger partial charge in [0.1, 0.15) is 10.8 Å². The zero-order valence-corrected chi connectivity index (χ0v) is 18.2. The molecule has 0 spiro atoms. The maximum Gasteiger partial charge on any atom is 0.232 e. The van der Waals surface area contributed by atoms with Gasteiger partial charge in [0.25, 0.3) is 0 Å². The van der Waals surface area contributed by atoms with Gasteiger partial charge in [-0.05, 0) is 30.3 Å². The normalized spacial score (nSPS) is 11.0. The molecule has 0 fully saturated rings. The van der Waals surface area contributed by atoms with Gasteiger partial charge in [0.2, 0.25) is 5.91 Å². The Balaban J connectivity index is 1.26. The first-order valence-corrected chi connectivity index (χ1v) is 11.4. The van der Waals surface area contributed by atoms with Crippen LogP contribution >= 0.6 is 22.7 Å². The summed E-state index contributed by atoms with van der Waals surface area (Å²) in [6, 6.07) is 15.8. The van der Waals surface area contributed by atoms with Crippen LogP contribution in [0.3, 0.4) is 0 Å². The summed E-state index contributed by atoms with van der Waals surface area (Å²) in [5, 5.41) is 9.33. The van der Waals surface area contributed by atoms with E-state index in [1.165, 1.54) is 22.7 Å². The van der Waals surface area contributed by atoms with Gasteiger partial charge in [-0.25, -0.2) is 9.97 Å². The van der Waals surface area contributed by atoms with Gasteiger partial charge in [-0.15, -0.1) is 22.7 Å². The molecule has 0 aliphatic carbocycles. The topological polar surface area (TPSA) is 79.9 Å². The van der Waals surface area contributed by atoms with Crippen molar-refractivity contribution in [2.75, 3.05) is 12.4 Å². The van der Waals surface area contributed by atoms with Crippen molar-refractivity contribution in [3.05, 3.63) is 71.2 Å². The minimum absolute atomic E-state index is 0.133. The smallest absolute Gasteiger partial charge is 0.232 e. The number of thiazole rings is 2. The number of nitrogens with zero attached hydrogens (tertiary/aromatic N) is 2. The van der Waals surface area contributed by atoms with Crippen molar-refractivity contribution in [2.24, 2.45) is 0 Å². The van der Waals surface area contributed by atoms with E-state index in [0.717, 1.165) is 44.2 Å². The number of fused-ring (bicyclic) bond motifs is 1. The lowest BCUT2D eigenvalue weighted by molar-refractivity contribution is -0.115. The summed E-state index contributed by atoms with van der Waals surface area (Å²) in [6.45, 7) is 0. The molecule has 8 heteroatoms. The molecule has 3 aromatic heterocycles. The van der Waals surface area contributed by atoms with Crippen molar-refractivity contribution in [1.82, 2.24) is 15.0 Å². The summed E-state index contributed by atoms with van der Waals surface area (Å²) in [6.07, 6.45) is 2.15. The van der Waals surface area contributed by atoms with Crippen LogP contribution in [0.4, 0.5) is 5.13 Å². The van der Waals surface area contributed by atoms with Crippen LogP contribution in [-0.2, 0) is 11.2 Å². The number of ether oxygens (including phenoxy) is 1. The van der Waals surface area contributed by atoms with Gasteiger partial charge in [0.15, 0.2) is 5.13 Å². The molecule has 5 rings (SSSR count). The molecule has 3 heterocycles. The number of carbonyl (C=O) groups excluding carboxylic acids is 1. The van der Waals surface area contributed by atoms with Crippen molar-refractivity contribution in [3.63, 3.8) is 0 Å². The third-order valence-electron chi connectivity index (χ3n) is 4.85. The third-order valence-corrected chi connectivity index (χ3v) is 6.54. The van der Waals surface area contributed by atoms with Crippen molar-refractivity contribution in [2.45, 2.75) is 6.42 Å². The van der Waals surface area contributed by atoms with E-state index in [-0.39, 0.29) is 12.3 Å². The van der Waals surface area contributed by atoms with E-state index < -0.39 is 0 Å². The van der Waals surface area contributed by atoms with Crippen molar-refractivity contribution < 1.29 is 9.53 Å². The largest absolute Gasteiger partial charge is 0.497 e. The second-order valence-electron chi connectivity index (χ2n) is 6.88. The molecule has 0 radical (unpaired) electrons. The van der Waals surface area contributed by atoms with Crippen LogP contribution in [0, 0.1) is 0 Å². The Labute approximate surface area is 186 Å². The number of hydrogen-bond acceptors (Lipinski definition) is 6. The number of H-pyrrole nitrogens is 1. The minimum Gasteiger partial charge on any atom is -0.497 e. The fraction of sp³-hybridized carbons (Fsp3) is 0.0870. The van der Waals surface area contributed by atoms with E-state index in [1.807, 2.05) is 59.4 Å². The number of rotatable bonds is 6. The molecule has 0 bridgehead atoms. The predicted octanol–water partition coefficient (Wildman–Crippen LogP) is 5.60. The Morgan fingerprint density at radius 3 is 2.74 bits per heavy atom. The molecule has 2 aromatic carbocycles. The molecule has 31 heavy (non-hydrogen) atoms. The van der Waals surface area contributed by atoms with E-state index in [1.54, 1.807) is 7.11 Å². The van der Waals surface area contributed by atoms with Gasteiger partial charge in [0, 0.05) is 39.0 Å². The van der Waals surface area contributed by atoms with Crippen LogP contribution in [-0.4, -0.2) is 28.0 Å². The molecule has 6 nitrogen and oxygen atoms in total. The van der Waals surface area contributed by atoms with Crippen LogP contribution < -0.4 is 10.1 Å². The van der Waals surface area contributed by atoms with Crippen LogP contribution in [0.1, 0.15) is 5.69 Å². The van der Waals surface area contributed by atoms with Crippen molar-refractivity contribution >= 4 is 44.6 Å². The Morgan fingerprint density at radius 1 is 1.06 bits per heavy atom. The molecule has 0 unspecified atom stereocenters. The van der Waals surface area contributed by atoms with Crippen LogP contribution in [0.25, 0.3) is 32.7 Å². The molecule has 0 aliphatic heterocycles. The second kappa shape index (κ2) is 8.33. The molecule has 0 saturated heterocycles. The molecule has 0 atom stereocenters. The second-order valence-corrected chi connectivity index (χ2v) is 8.60. The maximum absolute atomic E-state index is 12.5. The highest BCUT2D eigenvalue weighted by Gasteiger charge is 2.13. The van der Waals surface area contributed by atoms with Gasteiger partial charge >= 0.3 is 0 Å². The summed E-state index contributed by atoms with van der Waals surface area (Å²) >= 11 is 2.93. The van der Waals surface area contributed by atoms with Gasteiger partial charge in [-0.1, -0.05) is 18.2 Å². The van der Waals surface area contributed by atoms with Crippen LogP contribution in [0.15, 0.2) is 65.5 Å². The summed E-state index contributed by atoms with van der Waals surface area (Å²) in [7, 11) is 1.64. The molecule has 154 valence electrons. The number of nitrogens with one attached hydrogen (secondary N) is 2. The Hall–Kier alpha value is -3.49. The van der Waals surface area contributed by atoms with Gasteiger partial charge in [-0.2, -0.15) is 0 Å². The third kappa shape index (κ3) is 4.08. The predicted molar refractivity (Wildman–Crippen MR) is 126 cm³/mol. The maximum atomic E-state index is 12.5. The standard InChI is InChI=1S/C23H18N4O2S2/c1-29-16-8-6-14(7-9-16)22-25-15(12-30-22)10-21(28)27-23-26-20(13-31-23)18-11-24-19-5-3-2-4-17(18)19/h2-9,11-13,24H,10H2,1H3,(H,26,27,28). The quantitative estimate of drug-likeness (QED) is 0.356. The monoisotopic (exact) mass is 446 g/mol. The first-order valence-electron chi connectivity index (χ1n) is 9.60. The highest BCUT2D eigenvalue weighted by Crippen LogP contribution is 2.31. The van der Waals surface area contributed by atoms with Crippen molar-refractivity contribution in [3.8, 4) is 27.6 Å². The Kier molecular flexibility index (Phi) is 5.23. The van der Waals surface area contributed by atoms with Gasteiger partial charge in [-0.3, -0.25) is 4.79 Å². The minimum atomic E-state index is -0.133. The van der Waals surface area contributed by atoms with Gasteiger partial charge < -0.3 is 15.0 Å². The number of hydrogen-bond donors (Lipinski definition) is 2. The highest BCUT2D eigenvalue weighted by atomic mass is 32.1. The number of anilines is 1. The molecule has 0 saturated carbocycles. The SMILES string of the molecule is COc1ccc(-c2nc(CC(=O)Nc3nc(-c4c[nH]c5ccccc45)cs3)cs2)cc1. The number of para-hydroxylation sites is 1. The Morgan fingerprint density at radius 2 is 1.90 bits per heavy atom. The van der Waals surface area contributed by atoms with Gasteiger partial charge in [0.05, 0.1) is 24.9 Å². The lowest BCUT2D eigenvalue weighted by atomic mass is 10.1. The summed E-state index contributed by atoms with van der Waals surface area (Å²) in [5.41, 5.74) is 4.67. The number of aromatic nitrogens is 3. The summed E-state index contributed by atoms with van der Waals surface area (Å²) < 4.78 is 5.19. The molecule has 5 aromatic rings. The van der Waals surface area contributed by atoms with Crippen LogP contribution in [0.2, 0.25) is 0 Å². The summed E-state index contributed by atoms with van der Waals surface area (Å²) in [5.74, 6) is 0.668. The number of benzene rings is 2. The van der Waals surface area contributed by atoms with E-state index in [9.17, 15) is 4.79 Å². The van der Waals surface area contributed by atoms with E-state index in [0.29, 0.717) is 5.13 Å². The van der Waals surface area contributed by atoms with E-state index in [4.69, 9.17) is 4.74 Å². The number of methoxy groups -OCH3 is 1. The zero-order chi connectivity index (χ0) is 21.2. The molecule has 0 aliphatic rings. The first-order chi connectivity index (χ1) is 15.2. The molecule has 1 amide bonds. The number of amides is 1. The number of carbonyl (C=O) groups is 1. The lowest BCUT2D eigenvalue weighted by Crippen LogP contribution is -2.14. The fourth-order valence-electron chi connectivity index (χ4n) is 3.32. The summed E-state index contributed by atoms with van der Waals surface area (Å²) in [4.78, 5) is 25.0. The first kappa shape index (κ1) is 19.5. The van der Waals surface area contributed by atoms with E-state index >= 15 is 0 Å². The Bertz CT molecular complexity index is 1350. The lowest BCUT2D eigenvalue weighted by Gasteiger charge is -2.01. The molecular weight excluding hydrogens is 428 g/mol. The average molecular weight is 447 g/mol. The average Bonchev–Trinajstić information content (AvgIpc) is 3.53. The highest BCUT2D eigenvalue weighted by molar-refractivity contribution is 7.14. The van der Waals surface area contributed by atoms with E-state index in [2.05, 4.69) is 26.3 Å². The molecule has 2 N–H and O–H groups in total.